The number of aromatic nitrogens is 3. The van der Waals surface area contributed by atoms with Crippen LogP contribution in [-0.2, 0) is 10.7 Å². The fourth-order valence-electron chi connectivity index (χ4n) is 2.43. The van der Waals surface area contributed by atoms with E-state index in [0.717, 1.165) is 18.3 Å². The average molecular weight is 411 g/mol. The number of fused-ring (bicyclic) bond motifs is 1. The topological polar surface area (TPSA) is 59.3 Å². The van der Waals surface area contributed by atoms with Gasteiger partial charge in [-0.05, 0) is 26.0 Å². The first-order valence-corrected chi connectivity index (χ1v) is 9.37. The molecule has 1 aromatic carbocycles. The van der Waals surface area contributed by atoms with Crippen molar-refractivity contribution in [2.45, 2.75) is 32.7 Å². The summed E-state index contributed by atoms with van der Waals surface area (Å²) < 4.78 is 28.6. The normalized spacial score (nSPS) is 12.4. The van der Waals surface area contributed by atoms with Crippen molar-refractivity contribution >= 4 is 39.9 Å². The predicted octanol–water partition coefficient (Wildman–Crippen LogP) is 4.76. The van der Waals surface area contributed by atoms with Crippen LogP contribution in [0.1, 0.15) is 31.5 Å². The Morgan fingerprint density at radius 2 is 2.07 bits per heavy atom. The molecule has 142 valence electrons. The van der Waals surface area contributed by atoms with Crippen molar-refractivity contribution in [1.82, 2.24) is 19.9 Å². The van der Waals surface area contributed by atoms with E-state index in [9.17, 15) is 13.6 Å². The van der Waals surface area contributed by atoms with Gasteiger partial charge in [-0.25, -0.2) is 9.50 Å². The Morgan fingerprint density at radius 1 is 1.37 bits per heavy atom. The van der Waals surface area contributed by atoms with E-state index in [1.54, 1.807) is 24.3 Å². The Bertz CT molecular complexity index is 1020. The molecule has 1 N–H and O–H groups in total. The summed E-state index contributed by atoms with van der Waals surface area (Å²) in [5, 5.41) is 6.84. The molecule has 2 heterocycles. The zero-order valence-electron chi connectivity index (χ0n) is 14.8. The first kappa shape index (κ1) is 19.4. The molecule has 0 aliphatic rings. The van der Waals surface area contributed by atoms with Crippen LogP contribution in [0.4, 0.5) is 8.78 Å². The van der Waals surface area contributed by atoms with Crippen molar-refractivity contribution in [2.24, 2.45) is 0 Å². The van der Waals surface area contributed by atoms with Gasteiger partial charge in [-0.3, -0.25) is 4.79 Å². The van der Waals surface area contributed by atoms with Gasteiger partial charge in [-0.2, -0.15) is 13.9 Å². The Kier molecular flexibility index (Phi) is 5.30. The molecule has 0 bridgehead atoms. The van der Waals surface area contributed by atoms with Crippen LogP contribution >= 0.6 is 22.9 Å². The maximum atomic E-state index is 13.7. The minimum absolute atomic E-state index is 0.0275. The number of hydrogen-bond acceptors (Lipinski definition) is 4. The zero-order valence-corrected chi connectivity index (χ0v) is 16.4. The average Bonchev–Trinajstić information content (AvgIpc) is 3.10. The lowest BCUT2D eigenvalue weighted by Gasteiger charge is -2.06. The second-order valence-electron chi connectivity index (χ2n) is 6.31. The molecule has 1 amide bonds. The van der Waals surface area contributed by atoms with Crippen LogP contribution in [0.5, 0.6) is 0 Å². The van der Waals surface area contributed by atoms with Gasteiger partial charge in [-0.1, -0.05) is 41.1 Å². The van der Waals surface area contributed by atoms with Crippen LogP contribution in [0.15, 0.2) is 30.3 Å². The molecule has 3 rings (SSSR count). The van der Waals surface area contributed by atoms with E-state index in [1.165, 1.54) is 16.7 Å². The van der Waals surface area contributed by atoms with Gasteiger partial charge in [0.1, 0.15) is 5.69 Å². The van der Waals surface area contributed by atoms with Crippen molar-refractivity contribution in [3.63, 3.8) is 0 Å². The van der Waals surface area contributed by atoms with Gasteiger partial charge in [0.05, 0.1) is 10.7 Å². The number of imidazole rings is 1. The highest BCUT2D eigenvalue weighted by Gasteiger charge is 2.31. The van der Waals surface area contributed by atoms with Crippen LogP contribution < -0.4 is 5.32 Å². The number of nitrogens with one attached hydrogen (secondary N) is 1. The van der Waals surface area contributed by atoms with E-state index < -0.39 is 5.92 Å². The maximum Gasteiger partial charge on any atom is 0.298 e. The Morgan fingerprint density at radius 3 is 2.70 bits per heavy atom. The highest BCUT2D eigenvalue weighted by atomic mass is 35.5. The fraction of sp³-hybridized carbons (Fsp3) is 0.278. The summed E-state index contributed by atoms with van der Waals surface area (Å²) in [5.74, 6) is -3.38. The van der Waals surface area contributed by atoms with Crippen LogP contribution in [0, 0.1) is 0 Å². The number of hydrogen-bond donors (Lipinski definition) is 1. The van der Waals surface area contributed by atoms with Gasteiger partial charge in [-0.15, -0.1) is 0 Å². The van der Waals surface area contributed by atoms with E-state index in [2.05, 4.69) is 15.4 Å². The summed E-state index contributed by atoms with van der Waals surface area (Å²) in [7, 11) is 0. The summed E-state index contributed by atoms with van der Waals surface area (Å²) in [6.07, 6.45) is 2.83. The summed E-state index contributed by atoms with van der Waals surface area (Å²) >= 11 is 7.07. The van der Waals surface area contributed by atoms with Gasteiger partial charge >= 0.3 is 0 Å². The van der Waals surface area contributed by atoms with Crippen LogP contribution in [0.25, 0.3) is 22.3 Å². The van der Waals surface area contributed by atoms with Crippen LogP contribution in [-0.4, -0.2) is 26.5 Å². The minimum Gasteiger partial charge on any atom is -0.350 e. The van der Waals surface area contributed by atoms with Crippen LogP contribution in [0.2, 0.25) is 5.02 Å². The molecule has 0 saturated heterocycles. The number of halogens is 3. The molecule has 0 unspecified atom stereocenters. The number of amides is 1. The molecule has 0 fully saturated rings. The first-order valence-electron chi connectivity index (χ1n) is 8.18. The van der Waals surface area contributed by atoms with Crippen molar-refractivity contribution in [3.8, 4) is 11.3 Å². The highest BCUT2D eigenvalue weighted by molar-refractivity contribution is 7.16. The van der Waals surface area contributed by atoms with Crippen molar-refractivity contribution in [2.75, 3.05) is 0 Å². The van der Waals surface area contributed by atoms with Crippen LogP contribution in [0.3, 0.4) is 0 Å². The molecule has 0 aliphatic heterocycles. The third-order valence-corrected chi connectivity index (χ3v) is 4.98. The van der Waals surface area contributed by atoms with Crippen molar-refractivity contribution in [3.05, 3.63) is 46.1 Å². The molecule has 0 aliphatic carbocycles. The Labute approximate surface area is 163 Å². The van der Waals surface area contributed by atoms with Crippen molar-refractivity contribution < 1.29 is 13.6 Å². The Hall–Kier alpha value is -2.32. The summed E-state index contributed by atoms with van der Waals surface area (Å²) in [5.41, 5.74) is 1.51. The van der Waals surface area contributed by atoms with Crippen molar-refractivity contribution in [1.29, 1.82) is 0 Å². The largest absolute Gasteiger partial charge is 0.350 e. The molecular weight excluding hydrogens is 394 g/mol. The van der Waals surface area contributed by atoms with Gasteiger partial charge < -0.3 is 5.32 Å². The third-order valence-electron chi connectivity index (χ3n) is 3.57. The van der Waals surface area contributed by atoms with E-state index in [4.69, 9.17) is 11.6 Å². The SMILES string of the molecule is CC(C)NC(=O)/C=C/c1c(-c2ccccc2Cl)nc2sc(C(C)(F)F)nn12. The Balaban J connectivity index is 2.15. The van der Waals surface area contributed by atoms with E-state index >= 15 is 0 Å². The smallest absolute Gasteiger partial charge is 0.298 e. The van der Waals surface area contributed by atoms with Gasteiger partial charge in [0.2, 0.25) is 10.9 Å². The number of benzene rings is 1. The lowest BCUT2D eigenvalue weighted by Crippen LogP contribution is -2.28. The molecule has 0 atom stereocenters. The number of alkyl halides is 2. The third kappa shape index (κ3) is 4.17. The lowest BCUT2D eigenvalue weighted by atomic mass is 10.1. The molecule has 3 aromatic rings. The number of carbonyl (C=O) groups is 1. The molecule has 0 spiro atoms. The highest BCUT2D eigenvalue weighted by Crippen LogP contribution is 2.36. The molecule has 27 heavy (non-hydrogen) atoms. The second kappa shape index (κ2) is 7.36. The quantitative estimate of drug-likeness (QED) is 0.617. The minimum atomic E-state index is -3.08. The number of carbonyl (C=O) groups excluding carboxylic acids is 1. The number of rotatable bonds is 5. The zero-order chi connectivity index (χ0) is 19.8. The van der Waals surface area contributed by atoms with E-state index in [0.29, 0.717) is 26.9 Å². The van der Waals surface area contributed by atoms with Gasteiger partial charge in [0.25, 0.3) is 5.92 Å². The van der Waals surface area contributed by atoms with Gasteiger partial charge in [0.15, 0.2) is 5.01 Å². The molecule has 0 saturated carbocycles. The first-order chi connectivity index (χ1) is 12.7. The number of nitrogens with zero attached hydrogens (tertiary/aromatic N) is 3. The standard InChI is InChI=1S/C18H17ClF2N4OS/c1-10(2)22-14(26)9-8-13-15(11-6-4-5-7-12(11)19)23-17-25(13)24-16(27-17)18(3,20)21/h4-10H,1-3H3,(H,22,26)/b9-8+. The predicted molar refractivity (Wildman–Crippen MR) is 103 cm³/mol. The summed E-state index contributed by atoms with van der Waals surface area (Å²) in [4.78, 5) is 16.7. The maximum absolute atomic E-state index is 13.7. The van der Waals surface area contributed by atoms with E-state index in [-0.39, 0.29) is 17.0 Å². The molecule has 2 aromatic heterocycles. The molecular formula is C18H17ClF2N4OS. The molecule has 5 nitrogen and oxygen atoms in total. The molecule has 0 radical (unpaired) electrons. The molecule has 9 heteroatoms. The lowest BCUT2D eigenvalue weighted by molar-refractivity contribution is -0.116. The van der Waals surface area contributed by atoms with E-state index in [1.807, 2.05) is 13.8 Å². The fourth-order valence-corrected chi connectivity index (χ4v) is 3.49. The second-order valence-corrected chi connectivity index (χ2v) is 7.68. The van der Waals surface area contributed by atoms with Gasteiger partial charge in [0, 0.05) is 24.6 Å². The monoisotopic (exact) mass is 410 g/mol. The summed E-state index contributed by atoms with van der Waals surface area (Å²) in [6.45, 7) is 4.47. The summed E-state index contributed by atoms with van der Waals surface area (Å²) in [6, 6.07) is 7.04.